The highest BCUT2D eigenvalue weighted by atomic mass is 35.5. The lowest BCUT2D eigenvalue weighted by Crippen LogP contribution is -2.10. The third kappa shape index (κ3) is 3.35. The first-order valence-electron chi connectivity index (χ1n) is 7.51. The molecule has 2 heterocycles. The van der Waals surface area contributed by atoms with Gasteiger partial charge in [0.05, 0.1) is 26.8 Å². The molecule has 2 aromatic heterocycles. The molecule has 130 valence electrons. The van der Waals surface area contributed by atoms with Gasteiger partial charge >= 0.3 is 0 Å². The monoisotopic (exact) mass is 395 g/mol. The second-order valence-corrected chi connectivity index (χ2v) is 7.15. The van der Waals surface area contributed by atoms with Crippen molar-refractivity contribution in [3.05, 3.63) is 33.1 Å². The van der Waals surface area contributed by atoms with Gasteiger partial charge in [0.1, 0.15) is 9.71 Å². The summed E-state index contributed by atoms with van der Waals surface area (Å²) in [5, 5.41) is 4.57. The quantitative estimate of drug-likeness (QED) is 0.600. The smallest absolute Gasteiger partial charge is 0.260 e. The summed E-state index contributed by atoms with van der Waals surface area (Å²) in [5.41, 5.74) is 13.1. The fraction of sp³-hybridized carbons (Fsp3) is 0.188. The zero-order chi connectivity index (χ0) is 18.1. The lowest BCUT2D eigenvalue weighted by molar-refractivity contribution is 0.100. The van der Waals surface area contributed by atoms with Gasteiger partial charge in [0.25, 0.3) is 5.91 Å². The first-order valence-corrected chi connectivity index (χ1v) is 9.08. The van der Waals surface area contributed by atoms with Crippen molar-refractivity contribution in [2.75, 3.05) is 17.6 Å². The molecule has 3 rings (SSSR count). The van der Waals surface area contributed by atoms with Crippen LogP contribution in [0.4, 0.5) is 11.6 Å². The van der Waals surface area contributed by atoms with Crippen LogP contribution in [0.5, 0.6) is 0 Å². The summed E-state index contributed by atoms with van der Waals surface area (Å²) in [7, 11) is 0. The number of fused-ring (bicyclic) bond motifs is 1. The first-order chi connectivity index (χ1) is 11.9. The molecule has 0 aliphatic carbocycles. The van der Waals surface area contributed by atoms with Crippen molar-refractivity contribution in [1.82, 2.24) is 9.97 Å². The Labute approximate surface area is 158 Å². The highest BCUT2D eigenvalue weighted by Gasteiger charge is 2.21. The van der Waals surface area contributed by atoms with E-state index in [4.69, 9.17) is 34.7 Å². The topological polar surface area (TPSA) is 107 Å². The summed E-state index contributed by atoms with van der Waals surface area (Å²) in [5.74, 6) is -0.142. The van der Waals surface area contributed by atoms with Crippen LogP contribution >= 0.6 is 34.5 Å². The molecule has 0 saturated heterocycles. The average Bonchev–Trinajstić information content (AvgIpc) is 2.92. The SMILES string of the molecule is CCCNc1nc(-c2ccc(Cl)c(Cl)c2)c2c(N)c(C(N)=O)sc2n1. The molecule has 9 heteroatoms. The van der Waals surface area contributed by atoms with Gasteiger partial charge in [-0.3, -0.25) is 4.79 Å². The van der Waals surface area contributed by atoms with Crippen LogP contribution in [0.1, 0.15) is 23.0 Å². The Morgan fingerprint density at radius 3 is 2.68 bits per heavy atom. The molecular weight excluding hydrogens is 381 g/mol. The summed E-state index contributed by atoms with van der Waals surface area (Å²) in [6.07, 6.45) is 0.919. The number of benzene rings is 1. The number of rotatable bonds is 5. The van der Waals surface area contributed by atoms with Crippen LogP contribution in [0.2, 0.25) is 10.0 Å². The van der Waals surface area contributed by atoms with Gasteiger partial charge in [-0.2, -0.15) is 0 Å². The van der Waals surface area contributed by atoms with Gasteiger partial charge in [-0.05, 0) is 18.6 Å². The van der Waals surface area contributed by atoms with Crippen LogP contribution in [-0.2, 0) is 0 Å². The maximum absolute atomic E-state index is 11.6. The predicted octanol–water partition coefficient (Wildman–Crippen LogP) is 4.17. The van der Waals surface area contributed by atoms with Crippen molar-refractivity contribution >= 4 is 62.3 Å². The number of halogens is 2. The lowest BCUT2D eigenvalue weighted by atomic mass is 10.1. The van der Waals surface area contributed by atoms with Gasteiger partial charge in [-0.15, -0.1) is 11.3 Å². The number of aromatic nitrogens is 2. The zero-order valence-electron chi connectivity index (χ0n) is 13.3. The summed E-state index contributed by atoms with van der Waals surface area (Å²) in [6.45, 7) is 2.76. The molecule has 1 aromatic carbocycles. The Bertz CT molecular complexity index is 973. The molecule has 5 N–H and O–H groups in total. The summed E-state index contributed by atoms with van der Waals surface area (Å²) in [4.78, 5) is 21.5. The number of nitrogens with zero attached hydrogens (tertiary/aromatic N) is 2. The van der Waals surface area contributed by atoms with Crippen LogP contribution in [0.15, 0.2) is 18.2 Å². The predicted molar refractivity (Wildman–Crippen MR) is 105 cm³/mol. The zero-order valence-corrected chi connectivity index (χ0v) is 15.6. The van der Waals surface area contributed by atoms with E-state index in [-0.39, 0.29) is 10.6 Å². The highest BCUT2D eigenvalue weighted by molar-refractivity contribution is 7.21. The Morgan fingerprint density at radius 1 is 1.28 bits per heavy atom. The molecule has 0 fully saturated rings. The third-order valence-corrected chi connectivity index (χ3v) is 5.39. The van der Waals surface area contributed by atoms with E-state index < -0.39 is 5.91 Å². The molecule has 0 atom stereocenters. The van der Waals surface area contributed by atoms with Crippen LogP contribution in [0.3, 0.4) is 0 Å². The van der Waals surface area contributed by atoms with E-state index in [1.807, 2.05) is 6.92 Å². The average molecular weight is 396 g/mol. The number of nitrogens with one attached hydrogen (secondary N) is 1. The lowest BCUT2D eigenvalue weighted by Gasteiger charge is -2.09. The molecule has 0 spiro atoms. The fourth-order valence-corrected chi connectivity index (χ4v) is 3.62. The summed E-state index contributed by atoms with van der Waals surface area (Å²) in [6, 6.07) is 5.18. The second-order valence-electron chi connectivity index (χ2n) is 5.34. The van der Waals surface area contributed by atoms with Crippen molar-refractivity contribution in [2.45, 2.75) is 13.3 Å². The van der Waals surface area contributed by atoms with Gasteiger partial charge in [0.2, 0.25) is 5.95 Å². The number of amides is 1. The Hall–Kier alpha value is -2.09. The maximum atomic E-state index is 11.6. The van der Waals surface area contributed by atoms with Gasteiger partial charge in [-0.1, -0.05) is 36.2 Å². The van der Waals surface area contributed by atoms with Gasteiger partial charge in [-0.25, -0.2) is 9.97 Å². The van der Waals surface area contributed by atoms with E-state index in [2.05, 4.69) is 15.3 Å². The molecule has 0 aliphatic heterocycles. The number of hydrogen-bond donors (Lipinski definition) is 3. The molecule has 3 aromatic rings. The minimum atomic E-state index is -0.594. The van der Waals surface area contributed by atoms with E-state index in [1.54, 1.807) is 18.2 Å². The normalized spacial score (nSPS) is 11.0. The van der Waals surface area contributed by atoms with Gasteiger partial charge < -0.3 is 16.8 Å². The van der Waals surface area contributed by atoms with Crippen LogP contribution in [0, 0.1) is 0 Å². The minimum Gasteiger partial charge on any atom is -0.397 e. The molecular formula is C16H15Cl2N5OS. The van der Waals surface area contributed by atoms with E-state index in [0.29, 0.717) is 31.9 Å². The number of anilines is 2. The van der Waals surface area contributed by atoms with Crippen molar-refractivity contribution < 1.29 is 4.79 Å². The van der Waals surface area contributed by atoms with Crippen LogP contribution < -0.4 is 16.8 Å². The molecule has 25 heavy (non-hydrogen) atoms. The number of primary amides is 1. The molecule has 0 unspecified atom stereocenters. The molecule has 0 radical (unpaired) electrons. The van der Waals surface area contributed by atoms with Crippen molar-refractivity contribution in [1.29, 1.82) is 0 Å². The molecule has 1 amide bonds. The number of nitrogens with two attached hydrogens (primary N) is 2. The highest BCUT2D eigenvalue weighted by Crippen LogP contribution is 2.40. The van der Waals surface area contributed by atoms with Crippen molar-refractivity contribution in [3.63, 3.8) is 0 Å². The number of nitrogen functional groups attached to an aromatic ring is 1. The Morgan fingerprint density at radius 2 is 2.04 bits per heavy atom. The first kappa shape index (κ1) is 17.7. The molecule has 0 aliphatic rings. The maximum Gasteiger partial charge on any atom is 0.260 e. The molecule has 6 nitrogen and oxygen atoms in total. The standard InChI is InChI=1S/C16H15Cl2N5OS/c1-2-5-21-16-22-12(7-3-4-8(17)9(18)6-7)10-11(19)13(14(20)24)25-15(10)23-16/h3-4,6H,2,5,19H2,1H3,(H2,20,24)(H,21,22,23). The minimum absolute atomic E-state index is 0.262. The third-order valence-electron chi connectivity index (χ3n) is 3.54. The van der Waals surface area contributed by atoms with Gasteiger partial charge in [0, 0.05) is 12.1 Å². The molecule has 0 bridgehead atoms. The Kier molecular flexibility index (Phi) is 4.99. The summed E-state index contributed by atoms with van der Waals surface area (Å²) < 4.78 is 0. The number of carbonyl (C=O) groups is 1. The fourth-order valence-electron chi connectivity index (χ4n) is 2.37. The van der Waals surface area contributed by atoms with E-state index in [1.165, 1.54) is 0 Å². The van der Waals surface area contributed by atoms with E-state index >= 15 is 0 Å². The largest absolute Gasteiger partial charge is 0.397 e. The molecule has 0 saturated carbocycles. The van der Waals surface area contributed by atoms with Crippen molar-refractivity contribution in [3.8, 4) is 11.3 Å². The van der Waals surface area contributed by atoms with Crippen LogP contribution in [-0.4, -0.2) is 22.4 Å². The van der Waals surface area contributed by atoms with E-state index in [0.717, 1.165) is 29.9 Å². The number of thiophene rings is 1. The number of hydrogen-bond acceptors (Lipinski definition) is 6. The van der Waals surface area contributed by atoms with Crippen LogP contribution in [0.25, 0.3) is 21.5 Å². The number of carbonyl (C=O) groups excluding carboxylic acids is 1. The second kappa shape index (κ2) is 7.03. The Balaban J connectivity index is 2.29. The summed E-state index contributed by atoms with van der Waals surface area (Å²) >= 11 is 13.3. The van der Waals surface area contributed by atoms with Gasteiger partial charge in [0.15, 0.2) is 0 Å². The van der Waals surface area contributed by atoms with E-state index in [9.17, 15) is 4.79 Å². The van der Waals surface area contributed by atoms with Crippen molar-refractivity contribution in [2.24, 2.45) is 5.73 Å².